The van der Waals surface area contributed by atoms with Crippen molar-refractivity contribution in [3.05, 3.63) is 11.8 Å². The Morgan fingerprint density at radius 2 is 2.09 bits per heavy atom. The summed E-state index contributed by atoms with van der Waals surface area (Å²) in [5.74, 6) is -1.45. The molecular formula is C15H24F2N6. The number of nitrogens with one attached hydrogen (secondary N) is 1. The Bertz CT molecular complexity index is 565. The summed E-state index contributed by atoms with van der Waals surface area (Å²) in [6.07, 6.45) is 0.709. The lowest BCUT2D eigenvalue weighted by atomic mass is 9.92. The molecule has 1 aromatic rings. The van der Waals surface area contributed by atoms with Crippen molar-refractivity contribution in [3.8, 4) is 0 Å². The van der Waals surface area contributed by atoms with Crippen LogP contribution in [0.3, 0.4) is 0 Å². The molecule has 0 atom stereocenters. The molecule has 0 saturated heterocycles. The fraction of sp³-hybridized carbons (Fsp3) is 0.667. The van der Waals surface area contributed by atoms with Crippen molar-refractivity contribution in [2.75, 3.05) is 23.9 Å². The number of aromatic nitrogens is 2. The molecule has 2 rings (SSSR count). The van der Waals surface area contributed by atoms with E-state index in [0.29, 0.717) is 31.2 Å². The topological polar surface area (TPSA) is 79.4 Å². The number of hydrogen-bond acceptors (Lipinski definition) is 6. The van der Waals surface area contributed by atoms with Gasteiger partial charge in [0.15, 0.2) is 0 Å². The molecule has 1 aliphatic rings. The van der Waals surface area contributed by atoms with Gasteiger partial charge in [0.2, 0.25) is 11.9 Å². The highest BCUT2D eigenvalue weighted by Crippen LogP contribution is 2.34. The molecule has 0 aliphatic heterocycles. The zero-order chi connectivity index (χ0) is 17.0. The third-order valence-electron chi connectivity index (χ3n) is 3.82. The van der Waals surface area contributed by atoms with E-state index in [9.17, 15) is 8.78 Å². The molecule has 3 N–H and O–H groups in total. The van der Waals surface area contributed by atoms with E-state index in [1.807, 2.05) is 19.9 Å². The van der Waals surface area contributed by atoms with E-state index < -0.39 is 5.92 Å². The molecular weight excluding hydrogens is 302 g/mol. The number of alkyl halides is 2. The van der Waals surface area contributed by atoms with Crippen LogP contribution in [-0.4, -0.2) is 41.2 Å². The van der Waals surface area contributed by atoms with Crippen molar-refractivity contribution in [3.63, 3.8) is 0 Å². The molecule has 1 heterocycles. The highest BCUT2D eigenvalue weighted by Gasteiger charge is 2.34. The molecule has 1 saturated carbocycles. The van der Waals surface area contributed by atoms with E-state index in [0.717, 1.165) is 11.4 Å². The van der Waals surface area contributed by atoms with E-state index >= 15 is 0 Å². The monoisotopic (exact) mass is 326 g/mol. The van der Waals surface area contributed by atoms with Gasteiger partial charge in [-0.2, -0.15) is 10.1 Å². The van der Waals surface area contributed by atoms with Gasteiger partial charge in [-0.3, -0.25) is 0 Å². The van der Waals surface area contributed by atoms with Crippen molar-refractivity contribution in [1.29, 1.82) is 0 Å². The second-order valence-electron chi connectivity index (χ2n) is 6.03. The Balaban J connectivity index is 2.08. The van der Waals surface area contributed by atoms with Gasteiger partial charge >= 0.3 is 0 Å². The van der Waals surface area contributed by atoms with Gasteiger partial charge in [-0.1, -0.05) is 0 Å². The van der Waals surface area contributed by atoms with Crippen molar-refractivity contribution in [2.45, 2.75) is 51.5 Å². The molecule has 8 heteroatoms. The minimum absolute atomic E-state index is 0.0105. The van der Waals surface area contributed by atoms with Gasteiger partial charge in [0, 0.05) is 49.9 Å². The van der Waals surface area contributed by atoms with Crippen molar-refractivity contribution in [2.24, 2.45) is 10.8 Å². The maximum Gasteiger partial charge on any atom is 0.248 e. The summed E-state index contributed by atoms with van der Waals surface area (Å²) in [5, 5.41) is 9.09. The fourth-order valence-corrected chi connectivity index (χ4v) is 2.51. The van der Waals surface area contributed by atoms with Crippen LogP contribution in [0.15, 0.2) is 11.2 Å². The fourth-order valence-electron chi connectivity index (χ4n) is 2.51. The minimum atomic E-state index is -2.53. The van der Waals surface area contributed by atoms with Crippen molar-refractivity contribution >= 4 is 17.5 Å². The summed E-state index contributed by atoms with van der Waals surface area (Å²) < 4.78 is 26.4. The smallest absolute Gasteiger partial charge is 0.248 e. The highest BCUT2D eigenvalue weighted by molar-refractivity contribution is 5.84. The average molecular weight is 326 g/mol. The van der Waals surface area contributed by atoms with Crippen LogP contribution >= 0.6 is 0 Å². The van der Waals surface area contributed by atoms with E-state index in [1.165, 1.54) is 0 Å². The first-order chi connectivity index (χ1) is 10.8. The Labute approximate surface area is 135 Å². The van der Waals surface area contributed by atoms with Gasteiger partial charge in [0.05, 0.1) is 0 Å². The predicted octanol–water partition coefficient (Wildman–Crippen LogP) is 2.55. The van der Waals surface area contributed by atoms with Crippen LogP contribution in [0.4, 0.5) is 20.5 Å². The molecule has 6 nitrogen and oxygen atoms in total. The molecule has 0 bridgehead atoms. The van der Waals surface area contributed by atoms with Gasteiger partial charge in [-0.05, 0) is 26.7 Å². The minimum Gasteiger partial charge on any atom is -0.367 e. The molecule has 128 valence electrons. The Kier molecular flexibility index (Phi) is 5.46. The number of rotatable bonds is 5. The van der Waals surface area contributed by atoms with Crippen molar-refractivity contribution < 1.29 is 8.78 Å². The zero-order valence-corrected chi connectivity index (χ0v) is 13.8. The number of nitrogens with two attached hydrogens (primary N) is 1. The summed E-state index contributed by atoms with van der Waals surface area (Å²) in [4.78, 5) is 8.76. The van der Waals surface area contributed by atoms with Gasteiger partial charge in [0.1, 0.15) is 5.82 Å². The van der Waals surface area contributed by atoms with Crippen LogP contribution in [0.25, 0.3) is 0 Å². The summed E-state index contributed by atoms with van der Waals surface area (Å²) in [6, 6.07) is 1.82. The lowest BCUT2D eigenvalue weighted by molar-refractivity contribution is -0.0361. The van der Waals surface area contributed by atoms with Gasteiger partial charge in [-0.15, -0.1) is 0 Å². The molecule has 0 amide bonds. The van der Waals surface area contributed by atoms with Gasteiger partial charge in [0.25, 0.3) is 0 Å². The second-order valence-corrected chi connectivity index (χ2v) is 6.03. The van der Waals surface area contributed by atoms with E-state index in [1.54, 1.807) is 12.1 Å². The standard InChI is InChI=1S/C15H24F2N6/c1-10-8-13(20-12-4-6-15(16,17)7-5-12)21-14(19-10)23(3)22-11(2)9-18/h8,12H,4-7,9,18H2,1-3H3,(H,19,20,21)/b22-11+. The molecule has 0 aromatic carbocycles. The number of nitrogens with zero attached hydrogens (tertiary/aromatic N) is 4. The Hall–Kier alpha value is -1.83. The third kappa shape index (κ3) is 5.09. The molecule has 1 aromatic heterocycles. The Morgan fingerprint density at radius 3 is 2.70 bits per heavy atom. The van der Waals surface area contributed by atoms with Crippen LogP contribution in [0.5, 0.6) is 0 Å². The van der Waals surface area contributed by atoms with Crippen LogP contribution in [-0.2, 0) is 0 Å². The van der Waals surface area contributed by atoms with Crippen LogP contribution < -0.4 is 16.1 Å². The molecule has 1 fully saturated rings. The van der Waals surface area contributed by atoms with E-state index in [-0.39, 0.29) is 18.9 Å². The number of hydrazone groups is 1. The van der Waals surface area contributed by atoms with E-state index in [4.69, 9.17) is 5.73 Å². The normalized spacial score (nSPS) is 18.8. The quantitative estimate of drug-likeness (QED) is 0.642. The summed E-state index contributed by atoms with van der Waals surface area (Å²) in [5.41, 5.74) is 7.08. The number of anilines is 2. The molecule has 0 spiro atoms. The van der Waals surface area contributed by atoms with Crippen molar-refractivity contribution in [1.82, 2.24) is 9.97 Å². The summed E-state index contributed by atoms with van der Waals surface area (Å²) in [6.45, 7) is 4.05. The molecule has 1 aliphatic carbocycles. The lowest BCUT2D eigenvalue weighted by Crippen LogP contribution is -2.32. The summed E-state index contributed by atoms with van der Waals surface area (Å²) in [7, 11) is 1.75. The maximum absolute atomic E-state index is 13.2. The zero-order valence-electron chi connectivity index (χ0n) is 13.8. The Morgan fingerprint density at radius 1 is 1.43 bits per heavy atom. The van der Waals surface area contributed by atoms with Crippen LogP contribution in [0.1, 0.15) is 38.3 Å². The lowest BCUT2D eigenvalue weighted by Gasteiger charge is -2.29. The molecule has 0 unspecified atom stereocenters. The van der Waals surface area contributed by atoms with E-state index in [2.05, 4.69) is 20.4 Å². The number of aryl methyl sites for hydroxylation is 1. The average Bonchev–Trinajstić information content (AvgIpc) is 2.48. The van der Waals surface area contributed by atoms with Gasteiger partial charge in [-0.25, -0.2) is 18.8 Å². The first kappa shape index (κ1) is 17.5. The number of halogens is 2. The first-order valence-corrected chi connectivity index (χ1v) is 7.77. The largest absolute Gasteiger partial charge is 0.367 e. The van der Waals surface area contributed by atoms with Crippen LogP contribution in [0, 0.1) is 6.92 Å². The van der Waals surface area contributed by atoms with Gasteiger partial charge < -0.3 is 11.1 Å². The molecule has 0 radical (unpaired) electrons. The second kappa shape index (κ2) is 7.16. The SMILES string of the molecule is C/C(CN)=N\N(C)c1nc(C)cc(NC2CCC(F)(F)CC2)n1. The predicted molar refractivity (Wildman–Crippen MR) is 88.2 cm³/mol. The number of hydrogen-bond donors (Lipinski definition) is 2. The first-order valence-electron chi connectivity index (χ1n) is 7.77. The maximum atomic E-state index is 13.2. The molecule has 23 heavy (non-hydrogen) atoms. The third-order valence-corrected chi connectivity index (χ3v) is 3.82. The van der Waals surface area contributed by atoms with Crippen LogP contribution in [0.2, 0.25) is 0 Å². The summed E-state index contributed by atoms with van der Waals surface area (Å²) >= 11 is 0. The highest BCUT2D eigenvalue weighted by atomic mass is 19.3.